The molecule has 1 N–H and O–H groups in total. The number of nitrogens with zero attached hydrogens (tertiary/aromatic N) is 2. The third kappa shape index (κ3) is 3.41. The Bertz CT molecular complexity index is 880. The highest BCUT2D eigenvalue weighted by Gasteiger charge is 2.38. The first kappa shape index (κ1) is 19.0. The number of aliphatic hydroxyl groups is 1. The van der Waals surface area contributed by atoms with Crippen LogP contribution in [0.25, 0.3) is 0 Å². The molecule has 4 rings (SSSR count). The Labute approximate surface area is 164 Å². The molecule has 1 saturated heterocycles. The van der Waals surface area contributed by atoms with Crippen LogP contribution in [0.3, 0.4) is 0 Å². The summed E-state index contributed by atoms with van der Waals surface area (Å²) in [6.07, 6.45) is 0.815. The van der Waals surface area contributed by atoms with Gasteiger partial charge in [-0.1, -0.05) is 13.8 Å². The fourth-order valence-electron chi connectivity index (χ4n) is 4.45. The highest BCUT2D eigenvalue weighted by molar-refractivity contribution is 5.93. The van der Waals surface area contributed by atoms with Crippen molar-refractivity contribution >= 4 is 11.6 Å². The van der Waals surface area contributed by atoms with Gasteiger partial charge in [0.05, 0.1) is 6.10 Å². The number of carbonyl (C=O) groups excluding carboxylic acids is 1. The molecule has 2 aromatic rings. The largest absolute Gasteiger partial charge is 0.455 e. The van der Waals surface area contributed by atoms with E-state index in [2.05, 4.69) is 18.7 Å². The third-order valence-corrected chi connectivity index (χ3v) is 5.94. The maximum atomic E-state index is 13.1. The highest BCUT2D eigenvalue weighted by Crippen LogP contribution is 2.44. The predicted molar refractivity (Wildman–Crippen MR) is 105 cm³/mol. The minimum absolute atomic E-state index is 0.0438. The van der Waals surface area contributed by atoms with Gasteiger partial charge in [-0.05, 0) is 43.0 Å². The van der Waals surface area contributed by atoms with Crippen LogP contribution in [0.5, 0.6) is 0 Å². The van der Waals surface area contributed by atoms with Crippen LogP contribution in [-0.2, 0) is 6.42 Å². The van der Waals surface area contributed by atoms with Gasteiger partial charge in [0, 0.05) is 49.4 Å². The lowest BCUT2D eigenvalue weighted by Crippen LogP contribution is -2.48. The second-order valence-corrected chi connectivity index (χ2v) is 8.71. The van der Waals surface area contributed by atoms with Gasteiger partial charge in [0.2, 0.25) is 0 Å². The SMILES string of the molecule is Cc1c(C(=O)N2CCN(c3ccc(F)cc3)CC2)oc2c1C(O)CC(C)(C)C2. The first-order chi connectivity index (χ1) is 13.2. The van der Waals surface area contributed by atoms with Gasteiger partial charge in [0.25, 0.3) is 5.91 Å². The number of hydrogen-bond acceptors (Lipinski definition) is 4. The molecule has 1 aromatic heterocycles. The standard InChI is InChI=1S/C22H27FN2O3/c1-14-19-17(26)12-22(2,3)13-18(19)28-20(14)21(27)25-10-8-24(9-11-25)16-6-4-15(23)5-7-16/h4-7,17,26H,8-13H2,1-3H3. The van der Waals surface area contributed by atoms with Crippen LogP contribution >= 0.6 is 0 Å². The second-order valence-electron chi connectivity index (χ2n) is 8.71. The van der Waals surface area contributed by atoms with E-state index in [0.717, 1.165) is 29.0 Å². The lowest BCUT2D eigenvalue weighted by molar-refractivity contribution is 0.0704. The molecule has 0 spiro atoms. The minimum atomic E-state index is -0.584. The Morgan fingerprint density at radius 1 is 1.18 bits per heavy atom. The zero-order chi connectivity index (χ0) is 20.1. The normalized spacial score (nSPS) is 21.5. The summed E-state index contributed by atoms with van der Waals surface area (Å²) in [5.74, 6) is 0.738. The number of benzene rings is 1. The first-order valence-corrected chi connectivity index (χ1v) is 9.85. The molecule has 1 fully saturated rings. The molecule has 28 heavy (non-hydrogen) atoms. The summed E-state index contributed by atoms with van der Waals surface area (Å²) in [6.45, 7) is 8.61. The molecule has 1 aliphatic heterocycles. The van der Waals surface area contributed by atoms with Gasteiger partial charge < -0.3 is 19.3 Å². The van der Waals surface area contributed by atoms with Crippen LogP contribution in [-0.4, -0.2) is 42.1 Å². The third-order valence-electron chi connectivity index (χ3n) is 5.94. The summed E-state index contributed by atoms with van der Waals surface area (Å²) < 4.78 is 19.1. The Morgan fingerprint density at radius 3 is 2.46 bits per heavy atom. The van der Waals surface area contributed by atoms with Crippen molar-refractivity contribution in [3.63, 3.8) is 0 Å². The number of rotatable bonds is 2. The van der Waals surface area contributed by atoms with E-state index < -0.39 is 6.10 Å². The van der Waals surface area contributed by atoms with Crippen LogP contribution in [0.15, 0.2) is 28.7 Å². The number of fused-ring (bicyclic) bond motifs is 1. The molecule has 0 saturated carbocycles. The van der Waals surface area contributed by atoms with E-state index >= 15 is 0 Å². The zero-order valence-electron chi connectivity index (χ0n) is 16.7. The van der Waals surface area contributed by atoms with E-state index in [1.807, 2.05) is 6.92 Å². The van der Waals surface area contributed by atoms with E-state index in [1.54, 1.807) is 17.0 Å². The Kier molecular flexibility index (Phi) is 4.70. The number of piperazine rings is 1. The molecule has 0 radical (unpaired) electrons. The molecule has 1 aliphatic carbocycles. The zero-order valence-corrected chi connectivity index (χ0v) is 16.7. The molecule has 6 heteroatoms. The van der Waals surface area contributed by atoms with E-state index in [9.17, 15) is 14.3 Å². The van der Waals surface area contributed by atoms with E-state index in [1.165, 1.54) is 12.1 Å². The van der Waals surface area contributed by atoms with E-state index in [4.69, 9.17) is 4.42 Å². The van der Waals surface area contributed by atoms with Crippen molar-refractivity contribution in [3.8, 4) is 0 Å². The van der Waals surface area contributed by atoms with Gasteiger partial charge in [-0.25, -0.2) is 4.39 Å². The van der Waals surface area contributed by atoms with Crippen molar-refractivity contribution in [2.45, 2.75) is 39.7 Å². The molecule has 5 nitrogen and oxygen atoms in total. The fourth-order valence-corrected chi connectivity index (χ4v) is 4.45. The monoisotopic (exact) mass is 386 g/mol. The number of amides is 1. The van der Waals surface area contributed by atoms with E-state index in [-0.39, 0.29) is 17.1 Å². The lowest BCUT2D eigenvalue weighted by Gasteiger charge is -2.35. The highest BCUT2D eigenvalue weighted by atomic mass is 19.1. The summed E-state index contributed by atoms with van der Waals surface area (Å²) in [5, 5.41) is 10.5. The molecule has 2 heterocycles. The first-order valence-electron chi connectivity index (χ1n) is 9.85. The minimum Gasteiger partial charge on any atom is -0.455 e. The maximum absolute atomic E-state index is 13.1. The Hall–Kier alpha value is -2.34. The Balaban J connectivity index is 1.48. The average molecular weight is 386 g/mol. The number of carbonyl (C=O) groups is 1. The van der Waals surface area contributed by atoms with Crippen LogP contribution in [0.2, 0.25) is 0 Å². The van der Waals surface area contributed by atoms with Crippen LogP contribution in [0.4, 0.5) is 10.1 Å². The molecular weight excluding hydrogens is 359 g/mol. The van der Waals surface area contributed by atoms with Gasteiger partial charge >= 0.3 is 0 Å². The van der Waals surface area contributed by atoms with Crippen molar-refractivity contribution in [1.82, 2.24) is 4.90 Å². The molecule has 0 bridgehead atoms. The Morgan fingerprint density at radius 2 is 1.82 bits per heavy atom. The van der Waals surface area contributed by atoms with E-state index in [0.29, 0.717) is 38.4 Å². The average Bonchev–Trinajstić information content (AvgIpc) is 2.97. The van der Waals surface area contributed by atoms with Crippen molar-refractivity contribution in [3.05, 3.63) is 52.7 Å². The molecule has 1 aromatic carbocycles. The van der Waals surface area contributed by atoms with Gasteiger partial charge in [0.1, 0.15) is 11.6 Å². The van der Waals surface area contributed by atoms with Crippen molar-refractivity contribution < 1.29 is 18.7 Å². The summed E-state index contributed by atoms with van der Waals surface area (Å²) in [5.41, 5.74) is 2.48. The summed E-state index contributed by atoms with van der Waals surface area (Å²) in [7, 11) is 0. The summed E-state index contributed by atoms with van der Waals surface area (Å²) >= 11 is 0. The van der Waals surface area contributed by atoms with Gasteiger partial charge in [0.15, 0.2) is 5.76 Å². The van der Waals surface area contributed by atoms with Crippen LogP contribution < -0.4 is 4.90 Å². The molecule has 1 atom stereocenters. The van der Waals surface area contributed by atoms with Gasteiger partial charge in [-0.3, -0.25) is 4.79 Å². The topological polar surface area (TPSA) is 56.9 Å². The van der Waals surface area contributed by atoms with Crippen molar-refractivity contribution in [2.24, 2.45) is 5.41 Å². The smallest absolute Gasteiger partial charge is 0.289 e. The van der Waals surface area contributed by atoms with Gasteiger partial charge in [-0.2, -0.15) is 0 Å². The molecule has 2 aliphatic rings. The van der Waals surface area contributed by atoms with Gasteiger partial charge in [-0.15, -0.1) is 0 Å². The summed E-state index contributed by atoms with van der Waals surface area (Å²) in [4.78, 5) is 17.0. The number of anilines is 1. The molecule has 150 valence electrons. The van der Waals surface area contributed by atoms with Crippen LogP contribution in [0, 0.1) is 18.2 Å². The number of aliphatic hydroxyl groups excluding tert-OH is 1. The quantitative estimate of drug-likeness (QED) is 0.855. The summed E-state index contributed by atoms with van der Waals surface area (Å²) in [6, 6.07) is 6.44. The molecular formula is C22H27FN2O3. The number of halogens is 1. The van der Waals surface area contributed by atoms with Crippen molar-refractivity contribution in [2.75, 3.05) is 31.1 Å². The van der Waals surface area contributed by atoms with Crippen LogP contribution in [0.1, 0.15) is 53.8 Å². The maximum Gasteiger partial charge on any atom is 0.289 e. The lowest BCUT2D eigenvalue weighted by atomic mass is 9.75. The molecule has 1 unspecified atom stereocenters. The fraction of sp³-hybridized carbons (Fsp3) is 0.500. The predicted octanol–water partition coefficient (Wildman–Crippen LogP) is 3.70. The number of furan rings is 1. The van der Waals surface area contributed by atoms with Crippen molar-refractivity contribution in [1.29, 1.82) is 0 Å². The second kappa shape index (κ2) is 6.92. The number of hydrogen-bond donors (Lipinski definition) is 1. The molecule has 1 amide bonds.